The van der Waals surface area contributed by atoms with Crippen LogP contribution in [0.3, 0.4) is 0 Å². The predicted molar refractivity (Wildman–Crippen MR) is 63.8 cm³/mol. The second-order valence-electron chi connectivity index (χ2n) is 4.62. The van der Waals surface area contributed by atoms with Crippen LogP contribution >= 0.6 is 0 Å². The van der Waals surface area contributed by atoms with Crippen LogP contribution in [0.15, 0.2) is 12.4 Å². The van der Waals surface area contributed by atoms with Crippen molar-refractivity contribution in [1.29, 1.82) is 0 Å². The summed E-state index contributed by atoms with van der Waals surface area (Å²) in [5, 5.41) is 8.72. The Kier molecular flexibility index (Phi) is 3.78. The number of carboxylic acids is 1. The van der Waals surface area contributed by atoms with E-state index in [0.29, 0.717) is 12.6 Å². The third-order valence-electron chi connectivity index (χ3n) is 3.22. The van der Waals surface area contributed by atoms with Gasteiger partial charge in [0.25, 0.3) is 0 Å². The summed E-state index contributed by atoms with van der Waals surface area (Å²) < 4.78 is 2.02. The van der Waals surface area contributed by atoms with Gasteiger partial charge in [0, 0.05) is 45.0 Å². The predicted octanol–water partition coefficient (Wildman–Crippen LogP) is 0.902. The fourth-order valence-corrected chi connectivity index (χ4v) is 2.04. The topological polar surface area (TPSA) is 58.4 Å². The lowest BCUT2D eigenvalue weighted by atomic mass is 10.3. The molecule has 94 valence electrons. The maximum atomic E-state index is 10.6. The summed E-state index contributed by atoms with van der Waals surface area (Å²) in [5.74, 6) is 0.346. The zero-order chi connectivity index (χ0) is 12.3. The molecule has 1 aliphatic rings. The third-order valence-corrected chi connectivity index (χ3v) is 3.22. The summed E-state index contributed by atoms with van der Waals surface area (Å²) in [6.45, 7) is 1.56. The van der Waals surface area contributed by atoms with Crippen LogP contribution in [0.25, 0.3) is 0 Å². The van der Waals surface area contributed by atoms with Crippen molar-refractivity contribution in [2.45, 2.75) is 31.7 Å². The monoisotopic (exact) mass is 237 g/mol. The summed E-state index contributed by atoms with van der Waals surface area (Å²) in [7, 11) is 1.99. The first-order valence-corrected chi connectivity index (χ1v) is 6.09. The number of aliphatic carboxylic acids is 1. The highest BCUT2D eigenvalue weighted by Crippen LogP contribution is 2.26. The minimum absolute atomic E-state index is 0.233. The average molecular weight is 237 g/mol. The number of nitrogens with zero attached hydrogens (tertiary/aromatic N) is 3. The van der Waals surface area contributed by atoms with E-state index < -0.39 is 5.97 Å². The molecule has 5 nitrogen and oxygen atoms in total. The van der Waals surface area contributed by atoms with E-state index >= 15 is 0 Å². The van der Waals surface area contributed by atoms with Gasteiger partial charge in [-0.25, -0.2) is 4.98 Å². The molecule has 0 bridgehead atoms. The highest BCUT2D eigenvalue weighted by molar-refractivity contribution is 5.66. The molecule has 0 aliphatic heterocycles. The first kappa shape index (κ1) is 12.1. The van der Waals surface area contributed by atoms with Gasteiger partial charge in [0.05, 0.1) is 6.42 Å². The van der Waals surface area contributed by atoms with E-state index in [9.17, 15) is 4.79 Å². The maximum absolute atomic E-state index is 10.6. The van der Waals surface area contributed by atoms with E-state index in [1.165, 1.54) is 12.8 Å². The molecule has 2 rings (SSSR count). The summed E-state index contributed by atoms with van der Waals surface area (Å²) in [5.41, 5.74) is 0. The molecule has 1 heterocycles. The van der Waals surface area contributed by atoms with Gasteiger partial charge < -0.3 is 9.67 Å². The number of rotatable bonds is 7. The standard InChI is InChI=1S/C12H19N3O2/c1-14-9-6-13-11(14)4-7-15(10-2-3-10)8-5-12(16)17/h6,9-10H,2-5,7-8H2,1H3,(H,16,17). The number of carboxylic acid groups (broad SMARTS) is 1. The molecule has 1 aromatic heterocycles. The number of hydrogen-bond donors (Lipinski definition) is 1. The Labute approximate surface area is 101 Å². The van der Waals surface area contributed by atoms with Crippen LogP contribution < -0.4 is 0 Å². The Bertz CT molecular complexity index is 385. The Hall–Kier alpha value is -1.36. The number of aryl methyl sites for hydroxylation is 1. The van der Waals surface area contributed by atoms with Crippen LogP contribution in [-0.2, 0) is 18.3 Å². The molecule has 1 saturated carbocycles. The molecule has 17 heavy (non-hydrogen) atoms. The summed E-state index contributed by atoms with van der Waals surface area (Å²) >= 11 is 0. The summed E-state index contributed by atoms with van der Waals surface area (Å²) in [6.07, 6.45) is 7.28. The van der Waals surface area contributed by atoms with Gasteiger partial charge in [-0.1, -0.05) is 0 Å². The molecule has 0 aromatic carbocycles. The van der Waals surface area contributed by atoms with Crippen molar-refractivity contribution in [2.75, 3.05) is 13.1 Å². The Morgan fingerprint density at radius 2 is 2.35 bits per heavy atom. The summed E-state index contributed by atoms with van der Waals surface area (Å²) in [6, 6.07) is 0.606. The molecule has 0 atom stereocenters. The second-order valence-corrected chi connectivity index (χ2v) is 4.62. The van der Waals surface area contributed by atoms with E-state index in [1.807, 2.05) is 17.8 Å². The molecule has 1 fully saturated rings. The first-order valence-electron chi connectivity index (χ1n) is 6.09. The highest BCUT2D eigenvalue weighted by atomic mass is 16.4. The summed E-state index contributed by atoms with van der Waals surface area (Å²) in [4.78, 5) is 17.2. The lowest BCUT2D eigenvalue weighted by molar-refractivity contribution is -0.137. The van der Waals surface area contributed by atoms with Crippen LogP contribution in [0.2, 0.25) is 0 Å². The van der Waals surface area contributed by atoms with Crippen LogP contribution in [-0.4, -0.2) is 44.7 Å². The molecule has 0 spiro atoms. The molecular weight excluding hydrogens is 218 g/mol. The second kappa shape index (κ2) is 5.31. The highest BCUT2D eigenvalue weighted by Gasteiger charge is 2.28. The molecule has 0 radical (unpaired) electrons. The molecular formula is C12H19N3O2. The van der Waals surface area contributed by atoms with Gasteiger partial charge in [-0.3, -0.25) is 9.69 Å². The number of imidazole rings is 1. The van der Waals surface area contributed by atoms with Gasteiger partial charge in [0.1, 0.15) is 5.82 Å². The van der Waals surface area contributed by atoms with Gasteiger partial charge in [0.2, 0.25) is 0 Å². The van der Waals surface area contributed by atoms with Crippen molar-refractivity contribution in [3.63, 3.8) is 0 Å². The van der Waals surface area contributed by atoms with Crippen molar-refractivity contribution in [3.05, 3.63) is 18.2 Å². The van der Waals surface area contributed by atoms with Crippen LogP contribution in [0.1, 0.15) is 25.1 Å². The molecule has 1 aliphatic carbocycles. The van der Waals surface area contributed by atoms with Crippen molar-refractivity contribution >= 4 is 5.97 Å². The van der Waals surface area contributed by atoms with Crippen molar-refractivity contribution in [1.82, 2.24) is 14.5 Å². The van der Waals surface area contributed by atoms with Crippen LogP contribution in [0.4, 0.5) is 0 Å². The normalized spacial score (nSPS) is 15.4. The zero-order valence-corrected chi connectivity index (χ0v) is 10.2. The van der Waals surface area contributed by atoms with E-state index in [4.69, 9.17) is 5.11 Å². The number of hydrogen-bond acceptors (Lipinski definition) is 3. The Balaban J connectivity index is 1.81. The molecule has 0 amide bonds. The van der Waals surface area contributed by atoms with Gasteiger partial charge in [-0.2, -0.15) is 0 Å². The zero-order valence-electron chi connectivity index (χ0n) is 10.2. The van der Waals surface area contributed by atoms with Gasteiger partial charge in [0.15, 0.2) is 0 Å². The first-order chi connectivity index (χ1) is 8.16. The molecule has 1 aromatic rings. The van der Waals surface area contributed by atoms with Crippen LogP contribution in [0.5, 0.6) is 0 Å². The van der Waals surface area contributed by atoms with E-state index in [0.717, 1.165) is 18.8 Å². The van der Waals surface area contributed by atoms with E-state index in [2.05, 4.69) is 9.88 Å². The Morgan fingerprint density at radius 3 is 2.88 bits per heavy atom. The fraction of sp³-hybridized carbons (Fsp3) is 0.667. The smallest absolute Gasteiger partial charge is 0.304 e. The quantitative estimate of drug-likeness (QED) is 0.765. The average Bonchev–Trinajstić information content (AvgIpc) is 3.03. The van der Waals surface area contributed by atoms with E-state index in [-0.39, 0.29) is 6.42 Å². The Morgan fingerprint density at radius 1 is 1.59 bits per heavy atom. The van der Waals surface area contributed by atoms with Gasteiger partial charge in [-0.15, -0.1) is 0 Å². The van der Waals surface area contributed by atoms with Gasteiger partial charge in [-0.05, 0) is 12.8 Å². The van der Waals surface area contributed by atoms with Crippen molar-refractivity contribution < 1.29 is 9.90 Å². The lowest BCUT2D eigenvalue weighted by Crippen LogP contribution is -2.31. The minimum atomic E-state index is -0.715. The van der Waals surface area contributed by atoms with Gasteiger partial charge >= 0.3 is 5.97 Å². The largest absolute Gasteiger partial charge is 0.481 e. The van der Waals surface area contributed by atoms with Crippen molar-refractivity contribution in [3.8, 4) is 0 Å². The number of carbonyl (C=O) groups is 1. The molecule has 5 heteroatoms. The third kappa shape index (κ3) is 3.56. The molecule has 0 saturated heterocycles. The van der Waals surface area contributed by atoms with Crippen LogP contribution in [0, 0.1) is 0 Å². The number of aromatic nitrogens is 2. The lowest BCUT2D eigenvalue weighted by Gasteiger charge is -2.20. The maximum Gasteiger partial charge on any atom is 0.304 e. The minimum Gasteiger partial charge on any atom is -0.481 e. The molecule has 1 N–H and O–H groups in total. The SMILES string of the molecule is Cn1ccnc1CCN(CCC(=O)O)C1CC1. The van der Waals surface area contributed by atoms with Crippen molar-refractivity contribution in [2.24, 2.45) is 7.05 Å². The molecule has 0 unspecified atom stereocenters. The van der Waals surface area contributed by atoms with E-state index in [1.54, 1.807) is 6.20 Å². The fourth-order valence-electron chi connectivity index (χ4n) is 2.04.